The van der Waals surface area contributed by atoms with Crippen LogP contribution >= 0.6 is 23.2 Å². The van der Waals surface area contributed by atoms with E-state index in [1.807, 2.05) is 0 Å². The lowest BCUT2D eigenvalue weighted by molar-refractivity contribution is 0.0278. The third-order valence-corrected chi connectivity index (χ3v) is 3.61. The normalized spacial score (nSPS) is 11.6. The van der Waals surface area contributed by atoms with E-state index in [0.717, 1.165) is 0 Å². The lowest BCUT2D eigenvalue weighted by Crippen LogP contribution is -2.37. The van der Waals surface area contributed by atoms with Crippen molar-refractivity contribution in [3.63, 3.8) is 0 Å². The monoisotopic (exact) mass is 260 g/mol. The molecule has 0 heterocycles. The van der Waals surface area contributed by atoms with Gasteiger partial charge in [-0.2, -0.15) is 0 Å². The molecule has 1 aromatic rings. The number of rotatable bonds is 4. The van der Waals surface area contributed by atoms with Gasteiger partial charge in [-0.15, -0.1) is 0 Å². The fraction of sp³-hybridized carbons (Fsp3) is 0.417. The van der Waals surface area contributed by atoms with Gasteiger partial charge in [-0.1, -0.05) is 43.1 Å². The molecule has 0 aliphatic rings. The molecule has 4 heteroatoms. The zero-order valence-corrected chi connectivity index (χ0v) is 10.8. The third-order valence-electron chi connectivity index (χ3n) is 2.79. The van der Waals surface area contributed by atoms with Crippen LogP contribution < -0.4 is 0 Å². The molecule has 0 aliphatic carbocycles. The van der Waals surface area contributed by atoms with E-state index in [9.17, 15) is 9.90 Å². The van der Waals surface area contributed by atoms with Crippen LogP contribution in [0.15, 0.2) is 18.2 Å². The molecule has 0 unspecified atom stereocenters. The van der Waals surface area contributed by atoms with E-state index in [0.29, 0.717) is 17.9 Å². The zero-order valence-electron chi connectivity index (χ0n) is 9.26. The number of hydrogen-bond donors (Lipinski definition) is 1. The Hall–Kier alpha value is -0.570. The summed E-state index contributed by atoms with van der Waals surface area (Å²) in [5, 5.41) is 10.6. The van der Waals surface area contributed by atoms with Gasteiger partial charge in [0.25, 0.3) is 0 Å². The van der Waals surface area contributed by atoms with Crippen molar-refractivity contribution in [1.29, 1.82) is 0 Å². The van der Waals surface area contributed by atoms with Crippen molar-refractivity contribution in [3.05, 3.63) is 33.8 Å². The van der Waals surface area contributed by atoms with Crippen molar-refractivity contribution in [1.82, 2.24) is 0 Å². The number of benzene rings is 1. The van der Waals surface area contributed by atoms with Gasteiger partial charge in [-0.05, 0) is 25.0 Å². The Labute approximate surface area is 105 Å². The van der Waals surface area contributed by atoms with Gasteiger partial charge in [-0.3, -0.25) is 4.79 Å². The van der Waals surface area contributed by atoms with Crippen molar-refractivity contribution < 1.29 is 9.90 Å². The Kier molecular flexibility index (Phi) is 4.36. The number of ketones is 1. The molecule has 1 aromatic carbocycles. The summed E-state index contributed by atoms with van der Waals surface area (Å²) in [6.45, 7) is 3.53. The SMILES string of the molecule is CCC(O)(CC)C(=O)c1cccc(Cl)c1Cl. The topological polar surface area (TPSA) is 37.3 Å². The first-order chi connectivity index (χ1) is 7.46. The van der Waals surface area contributed by atoms with Crippen molar-refractivity contribution in [2.45, 2.75) is 32.3 Å². The smallest absolute Gasteiger partial charge is 0.195 e. The highest BCUT2D eigenvalue weighted by atomic mass is 35.5. The summed E-state index contributed by atoms with van der Waals surface area (Å²) in [7, 11) is 0. The Morgan fingerprint density at radius 3 is 2.38 bits per heavy atom. The first kappa shape index (κ1) is 13.5. The standard InChI is InChI=1S/C12H14Cl2O2/c1-3-12(16,4-2)11(15)8-6-5-7-9(13)10(8)14/h5-7,16H,3-4H2,1-2H3. The van der Waals surface area contributed by atoms with E-state index >= 15 is 0 Å². The molecular formula is C12H14Cl2O2. The number of Topliss-reactive ketones (excluding diaryl/α,β-unsaturated/α-hetero) is 1. The fourth-order valence-electron chi connectivity index (χ4n) is 1.50. The van der Waals surface area contributed by atoms with Crippen LogP contribution in [-0.4, -0.2) is 16.5 Å². The Morgan fingerprint density at radius 2 is 1.88 bits per heavy atom. The summed E-state index contributed by atoms with van der Waals surface area (Å²) in [4.78, 5) is 12.1. The van der Waals surface area contributed by atoms with Gasteiger partial charge in [0.15, 0.2) is 5.78 Å². The molecule has 0 saturated carbocycles. The first-order valence-corrected chi connectivity index (χ1v) is 5.93. The highest BCUT2D eigenvalue weighted by Gasteiger charge is 2.34. The van der Waals surface area contributed by atoms with E-state index in [4.69, 9.17) is 23.2 Å². The summed E-state index contributed by atoms with van der Waals surface area (Å²) in [5.41, 5.74) is -1.07. The molecule has 88 valence electrons. The molecule has 0 aromatic heterocycles. The van der Waals surface area contributed by atoms with Crippen LogP contribution in [0.5, 0.6) is 0 Å². The van der Waals surface area contributed by atoms with Gasteiger partial charge in [0.2, 0.25) is 0 Å². The average molecular weight is 261 g/mol. The van der Waals surface area contributed by atoms with Crippen LogP contribution in [0.25, 0.3) is 0 Å². The Morgan fingerprint density at radius 1 is 1.31 bits per heavy atom. The minimum Gasteiger partial charge on any atom is -0.382 e. The minimum absolute atomic E-state index is 0.203. The Balaban J connectivity index is 3.19. The van der Waals surface area contributed by atoms with Crippen molar-refractivity contribution in [3.8, 4) is 0 Å². The third kappa shape index (κ3) is 2.40. The summed E-state index contributed by atoms with van der Waals surface area (Å²) in [6.07, 6.45) is 0.705. The van der Waals surface area contributed by atoms with E-state index in [2.05, 4.69) is 0 Å². The second-order valence-electron chi connectivity index (χ2n) is 3.67. The first-order valence-electron chi connectivity index (χ1n) is 5.17. The maximum Gasteiger partial charge on any atom is 0.195 e. The van der Waals surface area contributed by atoms with Crippen LogP contribution in [0, 0.1) is 0 Å². The molecular weight excluding hydrogens is 247 g/mol. The molecule has 0 amide bonds. The minimum atomic E-state index is -1.35. The molecule has 0 bridgehead atoms. The lowest BCUT2D eigenvalue weighted by atomic mass is 9.88. The van der Waals surface area contributed by atoms with Gasteiger partial charge in [0.1, 0.15) is 5.60 Å². The molecule has 0 spiro atoms. The Bertz CT molecular complexity index is 398. The second kappa shape index (κ2) is 5.17. The maximum atomic E-state index is 12.1. The van der Waals surface area contributed by atoms with Gasteiger partial charge in [-0.25, -0.2) is 0 Å². The number of halogens is 2. The van der Waals surface area contributed by atoms with Crippen LogP contribution in [0.3, 0.4) is 0 Å². The molecule has 0 fully saturated rings. The van der Waals surface area contributed by atoms with Gasteiger partial charge in [0.05, 0.1) is 10.0 Å². The highest BCUT2D eigenvalue weighted by molar-refractivity contribution is 6.44. The maximum absolute atomic E-state index is 12.1. The van der Waals surface area contributed by atoms with Crippen LogP contribution in [-0.2, 0) is 0 Å². The zero-order chi connectivity index (χ0) is 12.3. The van der Waals surface area contributed by atoms with Crippen molar-refractivity contribution >= 4 is 29.0 Å². The van der Waals surface area contributed by atoms with Crippen molar-refractivity contribution in [2.24, 2.45) is 0 Å². The highest BCUT2D eigenvalue weighted by Crippen LogP contribution is 2.30. The average Bonchev–Trinajstić information content (AvgIpc) is 2.31. The largest absolute Gasteiger partial charge is 0.382 e. The summed E-state index contributed by atoms with van der Waals surface area (Å²) < 4.78 is 0. The molecule has 0 saturated heterocycles. The molecule has 0 aliphatic heterocycles. The van der Waals surface area contributed by atoms with Gasteiger partial charge < -0.3 is 5.11 Å². The summed E-state index contributed by atoms with van der Waals surface area (Å²) in [6, 6.07) is 4.83. The molecule has 0 atom stereocenters. The number of carbonyl (C=O) groups is 1. The predicted octanol–water partition coefficient (Wildman–Crippen LogP) is 3.73. The number of aliphatic hydroxyl groups is 1. The quantitative estimate of drug-likeness (QED) is 0.838. The van der Waals surface area contributed by atoms with E-state index in [-0.39, 0.29) is 16.4 Å². The van der Waals surface area contributed by atoms with Gasteiger partial charge in [0, 0.05) is 5.56 Å². The lowest BCUT2D eigenvalue weighted by Gasteiger charge is -2.24. The molecule has 1 N–H and O–H groups in total. The van der Waals surface area contributed by atoms with E-state index < -0.39 is 5.60 Å². The molecule has 2 nitrogen and oxygen atoms in total. The van der Waals surface area contributed by atoms with Crippen LogP contribution in [0.2, 0.25) is 10.0 Å². The second-order valence-corrected chi connectivity index (χ2v) is 4.45. The summed E-state index contributed by atoms with van der Waals surface area (Å²) in [5.74, 6) is -0.370. The van der Waals surface area contributed by atoms with Crippen molar-refractivity contribution in [2.75, 3.05) is 0 Å². The number of hydrogen-bond acceptors (Lipinski definition) is 2. The molecule has 1 rings (SSSR count). The number of carbonyl (C=O) groups excluding carboxylic acids is 1. The van der Waals surface area contributed by atoms with E-state index in [1.165, 1.54) is 0 Å². The van der Waals surface area contributed by atoms with Crippen LogP contribution in [0.4, 0.5) is 0 Å². The fourth-order valence-corrected chi connectivity index (χ4v) is 1.89. The molecule has 16 heavy (non-hydrogen) atoms. The van der Waals surface area contributed by atoms with Gasteiger partial charge >= 0.3 is 0 Å². The predicted molar refractivity (Wildman–Crippen MR) is 66.3 cm³/mol. The summed E-state index contributed by atoms with van der Waals surface area (Å²) >= 11 is 11.8. The van der Waals surface area contributed by atoms with Crippen LogP contribution in [0.1, 0.15) is 37.0 Å². The molecule has 0 radical (unpaired) electrons. The van der Waals surface area contributed by atoms with E-state index in [1.54, 1.807) is 32.0 Å².